The Morgan fingerprint density at radius 1 is 0.952 bits per heavy atom. The maximum Gasteiger partial charge on any atom is 0.338 e. The van der Waals surface area contributed by atoms with Crippen LogP contribution in [0, 0.1) is 13.8 Å². The van der Waals surface area contributed by atoms with E-state index in [9.17, 15) is 4.57 Å². The van der Waals surface area contributed by atoms with E-state index in [2.05, 4.69) is 5.09 Å². The van der Waals surface area contributed by atoms with Gasteiger partial charge in [-0.1, -0.05) is 6.07 Å². The lowest BCUT2D eigenvalue weighted by molar-refractivity contribution is 0.415. The summed E-state index contributed by atoms with van der Waals surface area (Å²) in [5.41, 5.74) is 2.88. The second-order valence-electron chi connectivity index (χ2n) is 5.10. The van der Waals surface area contributed by atoms with Gasteiger partial charge in [-0.15, -0.1) is 0 Å². The van der Waals surface area contributed by atoms with Gasteiger partial charge in [-0.2, -0.15) is 0 Å². The van der Waals surface area contributed by atoms with E-state index >= 15 is 0 Å². The second-order valence-corrected chi connectivity index (χ2v) is 7.20. The fourth-order valence-corrected chi connectivity index (χ4v) is 3.28. The molecule has 0 radical (unpaired) electrons. The monoisotopic (exact) mass is 305 g/mol. The molecule has 1 N–H and O–H groups in total. The van der Waals surface area contributed by atoms with Crippen LogP contribution in [0.4, 0.5) is 5.69 Å². The number of hydrogen-bond acceptors (Lipinski definition) is 3. The fourth-order valence-electron chi connectivity index (χ4n) is 2.11. The molecule has 1 atom stereocenters. The van der Waals surface area contributed by atoms with Gasteiger partial charge < -0.3 is 14.3 Å². The van der Waals surface area contributed by atoms with Crippen LogP contribution in [-0.2, 0) is 4.57 Å². The lowest BCUT2D eigenvalue weighted by Gasteiger charge is -2.18. The Balaban J connectivity index is 2.11. The van der Waals surface area contributed by atoms with Crippen LogP contribution in [-0.4, -0.2) is 13.8 Å². The Morgan fingerprint density at radius 3 is 2.05 bits per heavy atom. The molecule has 5 heteroatoms. The zero-order chi connectivity index (χ0) is 15.5. The minimum Gasteiger partial charge on any atom is -0.497 e. The van der Waals surface area contributed by atoms with Crippen molar-refractivity contribution < 1.29 is 13.8 Å². The maximum atomic E-state index is 12.6. The Labute approximate surface area is 125 Å². The molecule has 21 heavy (non-hydrogen) atoms. The van der Waals surface area contributed by atoms with Crippen LogP contribution >= 0.6 is 7.52 Å². The minimum absolute atomic E-state index is 0.611. The predicted octanol–water partition coefficient (Wildman–Crippen LogP) is 4.63. The van der Waals surface area contributed by atoms with Crippen LogP contribution in [0.5, 0.6) is 11.5 Å². The molecule has 0 heterocycles. The zero-order valence-electron chi connectivity index (χ0n) is 12.7. The van der Waals surface area contributed by atoms with Crippen molar-refractivity contribution in [1.82, 2.24) is 0 Å². The van der Waals surface area contributed by atoms with Gasteiger partial charge in [-0.25, -0.2) is 0 Å². The molecule has 0 saturated heterocycles. The van der Waals surface area contributed by atoms with Crippen molar-refractivity contribution in [2.75, 3.05) is 18.9 Å². The summed E-state index contributed by atoms with van der Waals surface area (Å²) in [4.78, 5) is 0. The molecule has 0 aliphatic carbocycles. The molecule has 0 fully saturated rings. The highest BCUT2D eigenvalue weighted by atomic mass is 31.2. The molecule has 0 bridgehead atoms. The summed E-state index contributed by atoms with van der Waals surface area (Å²) in [6.45, 7) is 5.53. The first kappa shape index (κ1) is 15.5. The molecule has 0 spiro atoms. The number of aryl methyl sites for hydroxylation is 2. The molecular formula is C16H20NO3P. The fraction of sp³-hybridized carbons (Fsp3) is 0.250. The molecule has 2 aromatic rings. The molecule has 4 nitrogen and oxygen atoms in total. The van der Waals surface area contributed by atoms with Crippen LogP contribution in [0.2, 0.25) is 0 Å². The van der Waals surface area contributed by atoms with Crippen LogP contribution < -0.4 is 14.3 Å². The van der Waals surface area contributed by atoms with Crippen LogP contribution in [0.3, 0.4) is 0 Å². The van der Waals surface area contributed by atoms with Crippen LogP contribution in [0.15, 0.2) is 42.5 Å². The quantitative estimate of drug-likeness (QED) is 0.818. The van der Waals surface area contributed by atoms with Crippen molar-refractivity contribution in [3.05, 3.63) is 53.6 Å². The summed E-state index contributed by atoms with van der Waals surface area (Å²) in [7, 11) is -1.38. The average molecular weight is 305 g/mol. The topological polar surface area (TPSA) is 47.6 Å². The summed E-state index contributed by atoms with van der Waals surface area (Å²) in [6, 6.07) is 13.0. The largest absolute Gasteiger partial charge is 0.497 e. The third-order valence-corrected chi connectivity index (χ3v) is 4.12. The molecular weight excluding hydrogens is 285 g/mol. The molecule has 0 saturated carbocycles. The summed E-state index contributed by atoms with van der Waals surface area (Å²) in [6.07, 6.45) is 0. The lowest BCUT2D eigenvalue weighted by Crippen LogP contribution is -2.02. The standard InChI is InChI=1S/C16H20NO3P/c1-12-9-13(2)11-16(10-12)20-21(4,18)17-14-5-7-15(19-3)8-6-14/h5-11H,1-4H3,(H,17,18)/t21-/m1/s1. The highest BCUT2D eigenvalue weighted by Gasteiger charge is 2.17. The first-order chi connectivity index (χ1) is 9.88. The highest BCUT2D eigenvalue weighted by molar-refractivity contribution is 7.60. The Hall–Kier alpha value is -1.93. The third kappa shape index (κ3) is 4.54. The SMILES string of the molecule is COc1ccc(N[P@](C)(=O)Oc2cc(C)cc(C)c2)cc1. The number of benzene rings is 2. The maximum absolute atomic E-state index is 12.6. The second kappa shape index (κ2) is 6.23. The highest BCUT2D eigenvalue weighted by Crippen LogP contribution is 2.43. The minimum atomic E-state index is -2.99. The number of anilines is 1. The molecule has 0 aromatic heterocycles. The van der Waals surface area contributed by atoms with E-state index in [0.29, 0.717) is 5.75 Å². The average Bonchev–Trinajstić information content (AvgIpc) is 2.37. The first-order valence-corrected chi connectivity index (χ1v) is 8.73. The molecule has 0 unspecified atom stereocenters. The number of ether oxygens (including phenoxy) is 1. The molecule has 0 amide bonds. The van der Waals surface area contributed by atoms with E-state index in [-0.39, 0.29) is 0 Å². The van der Waals surface area contributed by atoms with Crippen molar-refractivity contribution in [2.24, 2.45) is 0 Å². The van der Waals surface area contributed by atoms with Gasteiger partial charge in [0.1, 0.15) is 11.5 Å². The van der Waals surface area contributed by atoms with E-state index in [1.54, 1.807) is 38.0 Å². The van der Waals surface area contributed by atoms with Crippen LogP contribution in [0.1, 0.15) is 11.1 Å². The summed E-state index contributed by atoms with van der Waals surface area (Å²) in [5.74, 6) is 1.36. The molecule has 0 aliphatic heterocycles. The van der Waals surface area contributed by atoms with Gasteiger partial charge in [-0.05, 0) is 61.4 Å². The molecule has 112 valence electrons. The van der Waals surface area contributed by atoms with Gasteiger partial charge in [0, 0.05) is 12.4 Å². The lowest BCUT2D eigenvalue weighted by atomic mass is 10.1. The van der Waals surface area contributed by atoms with Crippen LogP contribution in [0.25, 0.3) is 0 Å². The van der Waals surface area contributed by atoms with E-state index in [4.69, 9.17) is 9.26 Å². The summed E-state index contributed by atoms with van der Waals surface area (Å²) >= 11 is 0. The number of nitrogens with one attached hydrogen (secondary N) is 1. The molecule has 2 rings (SSSR count). The number of rotatable bonds is 5. The van der Waals surface area contributed by atoms with E-state index in [1.165, 1.54) is 0 Å². The number of methoxy groups -OCH3 is 1. The van der Waals surface area contributed by atoms with E-state index < -0.39 is 7.52 Å². The Kier molecular flexibility index (Phi) is 4.59. The smallest absolute Gasteiger partial charge is 0.338 e. The normalized spacial score (nSPS) is 13.3. The summed E-state index contributed by atoms with van der Waals surface area (Å²) in [5, 5.41) is 2.93. The van der Waals surface area contributed by atoms with Crippen molar-refractivity contribution in [3.8, 4) is 11.5 Å². The van der Waals surface area contributed by atoms with Crippen molar-refractivity contribution in [1.29, 1.82) is 0 Å². The first-order valence-electron chi connectivity index (χ1n) is 6.66. The summed E-state index contributed by atoms with van der Waals surface area (Å²) < 4.78 is 23.3. The van der Waals surface area contributed by atoms with Gasteiger partial charge in [0.05, 0.1) is 7.11 Å². The molecule has 2 aromatic carbocycles. The van der Waals surface area contributed by atoms with Gasteiger partial charge >= 0.3 is 7.52 Å². The van der Waals surface area contributed by atoms with E-state index in [0.717, 1.165) is 22.6 Å². The Bertz CT molecular complexity index is 647. The Morgan fingerprint density at radius 2 is 1.52 bits per heavy atom. The third-order valence-electron chi connectivity index (χ3n) is 2.90. The number of hydrogen-bond donors (Lipinski definition) is 1. The zero-order valence-corrected chi connectivity index (χ0v) is 13.6. The van der Waals surface area contributed by atoms with Crippen molar-refractivity contribution in [2.45, 2.75) is 13.8 Å². The van der Waals surface area contributed by atoms with Crippen molar-refractivity contribution >= 4 is 13.2 Å². The van der Waals surface area contributed by atoms with Gasteiger partial charge in [0.2, 0.25) is 0 Å². The van der Waals surface area contributed by atoms with Gasteiger partial charge in [-0.3, -0.25) is 4.57 Å². The van der Waals surface area contributed by atoms with Gasteiger partial charge in [0.25, 0.3) is 0 Å². The van der Waals surface area contributed by atoms with E-state index in [1.807, 2.05) is 32.0 Å². The van der Waals surface area contributed by atoms with Gasteiger partial charge in [0.15, 0.2) is 0 Å². The van der Waals surface area contributed by atoms with Crippen molar-refractivity contribution in [3.63, 3.8) is 0 Å². The predicted molar refractivity (Wildman–Crippen MR) is 86.7 cm³/mol. The molecule has 0 aliphatic rings.